The Hall–Kier alpha value is -3.33. The average Bonchev–Trinajstić information content (AvgIpc) is 3.56. The lowest BCUT2D eigenvalue weighted by Crippen LogP contribution is -2.55. The van der Waals surface area contributed by atoms with E-state index < -0.39 is 17.5 Å². The van der Waals surface area contributed by atoms with E-state index in [2.05, 4.69) is 10.2 Å². The van der Waals surface area contributed by atoms with E-state index >= 15 is 0 Å². The molecule has 1 amide bonds. The highest BCUT2D eigenvalue weighted by Gasteiger charge is 2.73. The molecule has 10 heteroatoms. The average molecular weight is 554 g/mol. The second-order valence-corrected chi connectivity index (χ2v) is 10.7. The predicted molar refractivity (Wildman–Crippen MR) is 144 cm³/mol. The molecule has 4 atom stereocenters. The van der Waals surface area contributed by atoms with Gasteiger partial charge in [-0.2, -0.15) is 0 Å². The highest BCUT2D eigenvalue weighted by atomic mass is 35.5. The van der Waals surface area contributed by atoms with Crippen LogP contribution in [0.5, 0.6) is 11.5 Å². The summed E-state index contributed by atoms with van der Waals surface area (Å²) >= 11 is 12.3. The van der Waals surface area contributed by atoms with Crippen molar-refractivity contribution in [3.63, 3.8) is 0 Å². The van der Waals surface area contributed by atoms with Gasteiger partial charge in [0.1, 0.15) is 6.61 Å². The number of carbonyl (C=O) groups excluding carboxylic acids is 1. The number of hydrogen-bond acceptors (Lipinski definition) is 6. The van der Waals surface area contributed by atoms with E-state index in [4.69, 9.17) is 32.7 Å². The van der Waals surface area contributed by atoms with Crippen molar-refractivity contribution in [1.29, 1.82) is 0 Å². The molecular formula is C28H25Cl2N3O5. The molecule has 2 saturated heterocycles. The molecule has 3 heterocycles. The van der Waals surface area contributed by atoms with Crippen LogP contribution in [0.1, 0.15) is 35.4 Å². The minimum atomic E-state index is -1.36. The first-order valence-electron chi connectivity index (χ1n) is 12.4. The van der Waals surface area contributed by atoms with Crippen LogP contribution in [0.2, 0.25) is 10.0 Å². The van der Waals surface area contributed by atoms with Crippen molar-refractivity contribution in [2.45, 2.75) is 43.0 Å². The van der Waals surface area contributed by atoms with Gasteiger partial charge in [0.25, 0.3) is 11.9 Å². The number of benzene rings is 3. The summed E-state index contributed by atoms with van der Waals surface area (Å²) in [4.78, 5) is 28.2. The number of nitrogens with one attached hydrogen (secondary N) is 1. The quantitative estimate of drug-likeness (QED) is 0.313. The van der Waals surface area contributed by atoms with E-state index in [1.807, 2.05) is 24.3 Å². The topological polar surface area (TPSA) is 93.9 Å². The van der Waals surface area contributed by atoms with Crippen molar-refractivity contribution in [3.8, 4) is 11.5 Å². The number of nitrogens with zero attached hydrogens (tertiary/aromatic N) is 2. The van der Waals surface area contributed by atoms with Gasteiger partial charge in [0.05, 0.1) is 13.0 Å². The van der Waals surface area contributed by atoms with Gasteiger partial charge < -0.3 is 14.8 Å². The first-order chi connectivity index (χ1) is 18.4. The Morgan fingerprint density at radius 2 is 1.95 bits per heavy atom. The number of hydrogen-bond donors (Lipinski definition) is 1. The molecule has 3 aromatic carbocycles. The SMILES string of the molecule is COc1cc([C@@H]2[C@@H]3CCCN3[C@]3(C(=O)Nc4ccccc43)[C@@H]2[N+](=O)[O-])ccc1OCc1ccc(Cl)cc1Cl. The largest absolute Gasteiger partial charge is 0.493 e. The van der Waals surface area contributed by atoms with Crippen LogP contribution in [-0.4, -0.2) is 41.5 Å². The molecule has 38 heavy (non-hydrogen) atoms. The molecule has 0 aromatic heterocycles. The van der Waals surface area contributed by atoms with Crippen molar-refractivity contribution in [2.24, 2.45) is 0 Å². The molecule has 3 aromatic rings. The Balaban J connectivity index is 1.39. The third-order valence-corrected chi connectivity index (χ3v) is 8.65. The van der Waals surface area contributed by atoms with E-state index in [1.54, 1.807) is 36.4 Å². The normalized spacial score (nSPS) is 25.8. The van der Waals surface area contributed by atoms with Gasteiger partial charge in [-0.25, -0.2) is 0 Å². The molecule has 3 aliphatic heterocycles. The lowest BCUT2D eigenvalue weighted by Gasteiger charge is -2.32. The lowest BCUT2D eigenvalue weighted by molar-refractivity contribution is -0.534. The maximum absolute atomic E-state index is 13.6. The number of methoxy groups -OCH3 is 1. The summed E-state index contributed by atoms with van der Waals surface area (Å²) in [5.74, 6) is 0.0935. The second-order valence-electron chi connectivity index (χ2n) is 9.86. The second kappa shape index (κ2) is 9.45. The van der Waals surface area contributed by atoms with Crippen molar-refractivity contribution in [3.05, 3.63) is 97.5 Å². The number of para-hydroxylation sites is 1. The molecule has 3 aliphatic rings. The van der Waals surface area contributed by atoms with Crippen LogP contribution in [0.25, 0.3) is 0 Å². The monoisotopic (exact) mass is 553 g/mol. The summed E-state index contributed by atoms with van der Waals surface area (Å²) < 4.78 is 11.7. The van der Waals surface area contributed by atoms with Crippen LogP contribution in [0.4, 0.5) is 5.69 Å². The van der Waals surface area contributed by atoms with Gasteiger partial charge in [-0.15, -0.1) is 0 Å². The molecule has 0 unspecified atom stereocenters. The zero-order chi connectivity index (χ0) is 26.6. The van der Waals surface area contributed by atoms with E-state index in [1.165, 1.54) is 7.11 Å². The van der Waals surface area contributed by atoms with Gasteiger partial charge in [-0.3, -0.25) is 19.8 Å². The molecule has 8 nitrogen and oxygen atoms in total. The predicted octanol–water partition coefficient (Wildman–Crippen LogP) is 5.64. The number of amides is 1. The number of fused-ring (bicyclic) bond motifs is 4. The highest BCUT2D eigenvalue weighted by Crippen LogP contribution is 2.58. The van der Waals surface area contributed by atoms with E-state index in [-0.39, 0.29) is 23.5 Å². The van der Waals surface area contributed by atoms with Gasteiger partial charge in [0.15, 0.2) is 17.0 Å². The van der Waals surface area contributed by atoms with E-state index in [0.29, 0.717) is 39.3 Å². The Kier molecular flexibility index (Phi) is 6.21. The molecule has 0 aliphatic carbocycles. The smallest absolute Gasteiger partial charge is 0.256 e. The first-order valence-corrected chi connectivity index (χ1v) is 13.2. The van der Waals surface area contributed by atoms with Gasteiger partial charge >= 0.3 is 0 Å². The number of carbonyl (C=O) groups is 1. The van der Waals surface area contributed by atoms with Crippen LogP contribution < -0.4 is 14.8 Å². The minimum Gasteiger partial charge on any atom is -0.493 e. The summed E-state index contributed by atoms with van der Waals surface area (Å²) in [5, 5.41) is 16.7. The summed E-state index contributed by atoms with van der Waals surface area (Å²) in [6, 6.07) is 16.6. The van der Waals surface area contributed by atoms with Crippen molar-refractivity contribution >= 4 is 34.8 Å². The Morgan fingerprint density at radius 3 is 2.71 bits per heavy atom. The molecule has 6 rings (SSSR count). The molecule has 2 fully saturated rings. The fourth-order valence-electron chi connectivity index (χ4n) is 6.58. The van der Waals surface area contributed by atoms with Crippen molar-refractivity contribution in [1.82, 2.24) is 4.90 Å². The summed E-state index contributed by atoms with van der Waals surface area (Å²) in [5.41, 5.74) is 1.46. The molecule has 1 N–H and O–H groups in total. The fraction of sp³-hybridized carbons (Fsp3) is 0.321. The van der Waals surface area contributed by atoms with Crippen LogP contribution in [0.15, 0.2) is 60.7 Å². The van der Waals surface area contributed by atoms with E-state index in [9.17, 15) is 14.9 Å². The zero-order valence-corrected chi connectivity index (χ0v) is 22.0. The summed E-state index contributed by atoms with van der Waals surface area (Å²) in [6.45, 7) is 0.816. The fourth-order valence-corrected chi connectivity index (χ4v) is 7.04. The van der Waals surface area contributed by atoms with Gasteiger partial charge in [0, 0.05) is 44.4 Å². The van der Waals surface area contributed by atoms with Gasteiger partial charge in [-0.05, 0) is 48.7 Å². The van der Waals surface area contributed by atoms with Crippen LogP contribution >= 0.6 is 23.2 Å². The van der Waals surface area contributed by atoms with Gasteiger partial charge in [-0.1, -0.05) is 53.5 Å². The van der Waals surface area contributed by atoms with Crippen molar-refractivity contribution < 1.29 is 19.2 Å². The standard InChI is InChI=1S/C28H25Cl2N3O5/c1-37-24-13-16(9-11-23(24)38-15-17-8-10-18(29)14-20(17)30)25-22-7-4-12-32(22)28(26(25)33(35)36)19-5-2-3-6-21(19)31-27(28)34/h2-3,5-6,8-11,13-14,22,25-26H,4,7,12,15H2,1H3,(H,31,34)/t22-,25+,26+,28-/m0/s1. The maximum atomic E-state index is 13.6. The van der Waals surface area contributed by atoms with Crippen LogP contribution in [0.3, 0.4) is 0 Å². The molecule has 0 saturated carbocycles. The Bertz CT molecular complexity index is 1450. The molecule has 196 valence electrons. The molecule has 0 radical (unpaired) electrons. The highest BCUT2D eigenvalue weighted by molar-refractivity contribution is 6.35. The third kappa shape index (κ3) is 3.66. The number of rotatable bonds is 6. The number of halogens is 2. The third-order valence-electron chi connectivity index (χ3n) is 8.07. The van der Waals surface area contributed by atoms with Gasteiger partial charge in [0.2, 0.25) is 0 Å². The van der Waals surface area contributed by atoms with E-state index in [0.717, 1.165) is 24.0 Å². The van der Waals surface area contributed by atoms with Crippen LogP contribution in [-0.2, 0) is 16.9 Å². The number of anilines is 1. The Morgan fingerprint density at radius 1 is 1.13 bits per heavy atom. The zero-order valence-electron chi connectivity index (χ0n) is 20.5. The Labute approximate surface area is 229 Å². The maximum Gasteiger partial charge on any atom is 0.256 e. The number of nitro groups is 1. The molecular weight excluding hydrogens is 529 g/mol. The minimum absolute atomic E-state index is 0.161. The number of ether oxygens (including phenoxy) is 2. The molecule has 0 bridgehead atoms. The summed E-state index contributed by atoms with van der Waals surface area (Å²) in [6.07, 6.45) is 1.63. The van der Waals surface area contributed by atoms with Crippen molar-refractivity contribution in [2.75, 3.05) is 19.0 Å². The molecule has 1 spiro atoms. The first kappa shape index (κ1) is 25.0. The lowest BCUT2D eigenvalue weighted by atomic mass is 9.77. The van der Waals surface area contributed by atoms with Crippen LogP contribution in [0, 0.1) is 10.1 Å². The summed E-state index contributed by atoms with van der Waals surface area (Å²) in [7, 11) is 1.53.